The summed E-state index contributed by atoms with van der Waals surface area (Å²) in [6.45, 7) is 1.24. The molecule has 0 aliphatic carbocycles. The molecule has 4 aromatic carbocycles. The van der Waals surface area contributed by atoms with Gasteiger partial charge >= 0.3 is 0 Å². The van der Waals surface area contributed by atoms with Crippen molar-refractivity contribution >= 4 is 10.8 Å². The van der Waals surface area contributed by atoms with E-state index in [0.717, 1.165) is 40.9 Å². The van der Waals surface area contributed by atoms with Crippen LogP contribution < -0.4 is 14.2 Å². The third-order valence-corrected chi connectivity index (χ3v) is 5.09. The van der Waals surface area contributed by atoms with E-state index in [2.05, 4.69) is 48.5 Å². The van der Waals surface area contributed by atoms with Gasteiger partial charge in [0.25, 0.3) is 0 Å². The van der Waals surface area contributed by atoms with Crippen LogP contribution in [-0.2, 0) is 12.8 Å². The van der Waals surface area contributed by atoms with E-state index in [4.69, 9.17) is 14.2 Å². The molecule has 0 aromatic heterocycles. The summed E-state index contributed by atoms with van der Waals surface area (Å²) in [7, 11) is 1.67. The number of hydrogen-bond donors (Lipinski definition) is 0. The lowest BCUT2D eigenvalue weighted by Crippen LogP contribution is -2.03. The van der Waals surface area contributed by atoms with Gasteiger partial charge in [-0.1, -0.05) is 66.7 Å². The molecule has 3 nitrogen and oxygen atoms in total. The summed E-state index contributed by atoms with van der Waals surface area (Å²) in [6, 6.07) is 30.9. The summed E-state index contributed by atoms with van der Waals surface area (Å²) in [5, 5.41) is 2.17. The largest absolute Gasteiger partial charge is 0.493 e. The van der Waals surface area contributed by atoms with Gasteiger partial charge < -0.3 is 14.2 Å². The molecule has 0 bridgehead atoms. The molecule has 4 rings (SSSR count). The second-order valence-electron chi connectivity index (χ2n) is 7.18. The minimum Gasteiger partial charge on any atom is -0.493 e. The Morgan fingerprint density at radius 3 is 1.80 bits per heavy atom. The molecule has 0 radical (unpaired) electrons. The van der Waals surface area contributed by atoms with Gasteiger partial charge in [-0.2, -0.15) is 0 Å². The maximum Gasteiger partial charge on any atom is 0.161 e. The minimum absolute atomic E-state index is 0.596. The van der Waals surface area contributed by atoms with Gasteiger partial charge in [-0.3, -0.25) is 0 Å². The van der Waals surface area contributed by atoms with E-state index in [0.29, 0.717) is 13.2 Å². The van der Waals surface area contributed by atoms with Gasteiger partial charge in [0.1, 0.15) is 5.75 Å². The highest BCUT2D eigenvalue weighted by Crippen LogP contribution is 2.34. The van der Waals surface area contributed by atoms with E-state index in [1.807, 2.05) is 42.5 Å². The van der Waals surface area contributed by atoms with Crippen LogP contribution in [0.15, 0.2) is 91.0 Å². The van der Waals surface area contributed by atoms with Crippen molar-refractivity contribution in [3.05, 3.63) is 102 Å². The minimum atomic E-state index is 0.596. The molecule has 0 heterocycles. The van der Waals surface area contributed by atoms with Crippen molar-refractivity contribution < 1.29 is 14.2 Å². The molecule has 30 heavy (non-hydrogen) atoms. The smallest absolute Gasteiger partial charge is 0.161 e. The highest BCUT2D eigenvalue weighted by atomic mass is 16.5. The second-order valence-corrected chi connectivity index (χ2v) is 7.18. The molecular weight excluding hydrogens is 372 g/mol. The van der Waals surface area contributed by atoms with Crippen LogP contribution in [0.3, 0.4) is 0 Å². The number of rotatable bonds is 9. The normalized spacial score (nSPS) is 10.7. The number of methoxy groups -OCH3 is 1. The number of ether oxygens (including phenoxy) is 3. The van der Waals surface area contributed by atoms with E-state index in [1.165, 1.54) is 11.1 Å². The summed E-state index contributed by atoms with van der Waals surface area (Å²) in [6.07, 6.45) is 1.74. The van der Waals surface area contributed by atoms with Gasteiger partial charge in [-0.05, 0) is 46.2 Å². The average Bonchev–Trinajstić information content (AvgIpc) is 2.80. The van der Waals surface area contributed by atoms with Crippen LogP contribution in [-0.4, -0.2) is 20.3 Å². The van der Waals surface area contributed by atoms with Crippen LogP contribution in [0.2, 0.25) is 0 Å². The number of fused-ring (bicyclic) bond motifs is 1. The molecule has 0 saturated carbocycles. The van der Waals surface area contributed by atoms with Crippen LogP contribution in [0.4, 0.5) is 0 Å². The number of benzene rings is 4. The molecule has 3 heteroatoms. The summed E-state index contributed by atoms with van der Waals surface area (Å²) in [5.41, 5.74) is 2.53. The molecular formula is C27H26O3. The third kappa shape index (κ3) is 5.12. The Hall–Kier alpha value is -3.46. The summed E-state index contributed by atoms with van der Waals surface area (Å²) in [4.78, 5) is 0. The molecule has 152 valence electrons. The predicted octanol–water partition coefficient (Wildman–Crippen LogP) is 6.09. The maximum absolute atomic E-state index is 6.05. The molecule has 0 spiro atoms. The van der Waals surface area contributed by atoms with Crippen molar-refractivity contribution in [2.24, 2.45) is 0 Å². The predicted molar refractivity (Wildman–Crippen MR) is 122 cm³/mol. The molecule has 0 amide bonds. The maximum atomic E-state index is 6.05. The molecule has 0 saturated heterocycles. The lowest BCUT2D eigenvalue weighted by Gasteiger charge is -2.13. The van der Waals surface area contributed by atoms with Crippen LogP contribution in [0.25, 0.3) is 10.8 Å². The van der Waals surface area contributed by atoms with Crippen LogP contribution in [0.5, 0.6) is 17.2 Å². The molecule has 0 unspecified atom stereocenters. The molecule has 0 fully saturated rings. The quantitative estimate of drug-likeness (QED) is 0.341. The van der Waals surface area contributed by atoms with Crippen molar-refractivity contribution in [1.29, 1.82) is 0 Å². The summed E-state index contributed by atoms with van der Waals surface area (Å²) >= 11 is 0. The topological polar surface area (TPSA) is 27.7 Å². The van der Waals surface area contributed by atoms with E-state index in [1.54, 1.807) is 7.11 Å². The first-order valence-electron chi connectivity index (χ1n) is 10.3. The van der Waals surface area contributed by atoms with Crippen molar-refractivity contribution in [1.82, 2.24) is 0 Å². The van der Waals surface area contributed by atoms with Crippen molar-refractivity contribution in [2.75, 3.05) is 20.3 Å². The fraction of sp³-hybridized carbons (Fsp3) is 0.185. The van der Waals surface area contributed by atoms with Gasteiger partial charge in [-0.25, -0.2) is 0 Å². The second kappa shape index (κ2) is 9.84. The molecule has 0 atom stereocenters. The van der Waals surface area contributed by atoms with Gasteiger partial charge in [0.2, 0.25) is 0 Å². The Bertz CT molecular complexity index is 1080. The first-order chi connectivity index (χ1) is 14.8. The summed E-state index contributed by atoms with van der Waals surface area (Å²) < 4.78 is 17.6. The van der Waals surface area contributed by atoms with Crippen LogP contribution >= 0.6 is 0 Å². The first kappa shape index (κ1) is 19.8. The molecule has 0 N–H and O–H groups in total. The van der Waals surface area contributed by atoms with Gasteiger partial charge in [0, 0.05) is 12.8 Å². The van der Waals surface area contributed by atoms with Crippen LogP contribution in [0, 0.1) is 0 Å². The SMILES string of the molecule is COc1cc2ccc(OCCc3ccccc3)cc2cc1OCCc1ccccc1. The lowest BCUT2D eigenvalue weighted by atomic mass is 10.1. The lowest BCUT2D eigenvalue weighted by molar-refractivity contribution is 0.298. The standard InChI is InChI=1S/C27H26O3/c1-28-26-19-23-12-13-25(29-16-14-21-8-4-2-5-9-21)18-24(23)20-27(26)30-17-15-22-10-6-3-7-11-22/h2-13,18-20H,14-17H2,1H3. The van der Waals surface area contributed by atoms with Crippen LogP contribution in [0.1, 0.15) is 11.1 Å². The van der Waals surface area contributed by atoms with Crippen molar-refractivity contribution in [2.45, 2.75) is 12.8 Å². The third-order valence-electron chi connectivity index (χ3n) is 5.09. The number of hydrogen-bond acceptors (Lipinski definition) is 3. The van der Waals surface area contributed by atoms with E-state index in [9.17, 15) is 0 Å². The molecule has 0 aliphatic rings. The van der Waals surface area contributed by atoms with Gasteiger partial charge in [0.15, 0.2) is 11.5 Å². The monoisotopic (exact) mass is 398 g/mol. The molecule has 0 aliphatic heterocycles. The summed E-state index contributed by atoms with van der Waals surface area (Å²) in [5.74, 6) is 2.36. The Morgan fingerprint density at radius 1 is 0.567 bits per heavy atom. The molecule has 4 aromatic rings. The van der Waals surface area contributed by atoms with Crippen molar-refractivity contribution in [3.63, 3.8) is 0 Å². The first-order valence-corrected chi connectivity index (χ1v) is 10.3. The van der Waals surface area contributed by atoms with E-state index < -0.39 is 0 Å². The van der Waals surface area contributed by atoms with E-state index in [-0.39, 0.29) is 0 Å². The van der Waals surface area contributed by atoms with Gasteiger partial charge in [-0.15, -0.1) is 0 Å². The Kier molecular flexibility index (Phi) is 6.51. The zero-order valence-electron chi connectivity index (χ0n) is 17.2. The van der Waals surface area contributed by atoms with Crippen molar-refractivity contribution in [3.8, 4) is 17.2 Å². The average molecular weight is 399 g/mol. The van der Waals surface area contributed by atoms with E-state index >= 15 is 0 Å². The van der Waals surface area contributed by atoms with Gasteiger partial charge in [0.05, 0.1) is 20.3 Å². The zero-order chi connectivity index (χ0) is 20.6. The highest BCUT2D eigenvalue weighted by molar-refractivity contribution is 5.87. The fourth-order valence-corrected chi connectivity index (χ4v) is 3.45. The zero-order valence-corrected chi connectivity index (χ0v) is 17.2. The fourth-order valence-electron chi connectivity index (χ4n) is 3.45. The Morgan fingerprint density at radius 2 is 1.17 bits per heavy atom. The Balaban J connectivity index is 1.44. The highest BCUT2D eigenvalue weighted by Gasteiger charge is 2.08. The Labute approximate surface area is 177 Å².